The first-order chi connectivity index (χ1) is 7.79. The smallest absolute Gasteiger partial charge is 0.395 e. The third kappa shape index (κ3) is 2.38. The molecule has 0 aromatic heterocycles. The van der Waals surface area contributed by atoms with Gasteiger partial charge in [0.15, 0.2) is 0 Å². The third-order valence-corrected chi connectivity index (χ3v) is 2.48. The van der Waals surface area contributed by atoms with Crippen molar-refractivity contribution >= 4 is 8.69 Å². The van der Waals surface area contributed by atoms with Crippen LogP contribution in [0.2, 0.25) is 0 Å². The predicted molar refractivity (Wildman–Crippen MR) is 61.8 cm³/mol. The summed E-state index contributed by atoms with van der Waals surface area (Å²) < 4.78 is 15.0. The zero-order valence-electron chi connectivity index (χ0n) is 8.33. The zero-order chi connectivity index (χ0) is 11.4. The fourth-order valence-electron chi connectivity index (χ4n) is 1.41. The Balaban J connectivity index is 2.27. The van der Waals surface area contributed by atoms with Gasteiger partial charge in [0.25, 0.3) is 0 Å². The van der Waals surface area contributed by atoms with E-state index in [2.05, 4.69) is 0 Å². The van der Waals surface area contributed by atoms with Crippen LogP contribution in [0.3, 0.4) is 0 Å². The lowest BCUT2D eigenvalue weighted by Crippen LogP contribution is -1.78. The van der Waals surface area contributed by atoms with E-state index < -0.39 is 0 Å². The number of phenols is 1. The average molecular weight is 232 g/mol. The Morgan fingerprint density at radius 1 is 0.875 bits per heavy atom. The average Bonchev–Trinajstić information content (AvgIpc) is 2.32. The van der Waals surface area contributed by atoms with E-state index in [0.29, 0.717) is 5.75 Å². The van der Waals surface area contributed by atoms with Crippen LogP contribution in [0.5, 0.6) is 11.5 Å². The SMILES string of the molecule is O=POc1ccc(-c2ccc(O)cc2)cc1. The molecule has 0 saturated carbocycles. The molecule has 0 fully saturated rings. The molecule has 80 valence electrons. The largest absolute Gasteiger partial charge is 0.508 e. The van der Waals surface area contributed by atoms with E-state index in [4.69, 9.17) is 9.63 Å². The van der Waals surface area contributed by atoms with Crippen molar-refractivity contribution < 1.29 is 14.2 Å². The van der Waals surface area contributed by atoms with Gasteiger partial charge in [0.2, 0.25) is 0 Å². The van der Waals surface area contributed by atoms with Crippen molar-refractivity contribution in [3.63, 3.8) is 0 Å². The van der Waals surface area contributed by atoms with Crippen LogP contribution in [0.25, 0.3) is 11.1 Å². The number of benzene rings is 2. The third-order valence-electron chi connectivity index (χ3n) is 2.20. The number of hydrogen-bond acceptors (Lipinski definition) is 3. The highest BCUT2D eigenvalue weighted by molar-refractivity contribution is 7.17. The van der Waals surface area contributed by atoms with Gasteiger partial charge in [-0.1, -0.05) is 24.3 Å². The molecule has 0 aliphatic rings. The molecular formula is C12H9O3P. The minimum atomic E-state index is -0.355. The molecule has 0 saturated heterocycles. The zero-order valence-corrected chi connectivity index (χ0v) is 9.22. The van der Waals surface area contributed by atoms with E-state index >= 15 is 0 Å². The Labute approximate surface area is 94.6 Å². The van der Waals surface area contributed by atoms with Crippen LogP contribution in [0.1, 0.15) is 0 Å². The van der Waals surface area contributed by atoms with Gasteiger partial charge in [0.05, 0.1) is 0 Å². The van der Waals surface area contributed by atoms with Crippen molar-refractivity contribution in [3.05, 3.63) is 48.5 Å². The molecule has 0 aliphatic heterocycles. The van der Waals surface area contributed by atoms with Crippen LogP contribution >= 0.6 is 8.69 Å². The highest BCUT2D eigenvalue weighted by atomic mass is 31.1. The van der Waals surface area contributed by atoms with Gasteiger partial charge in [-0.05, 0) is 35.4 Å². The lowest BCUT2D eigenvalue weighted by molar-refractivity contribution is 0.475. The molecule has 0 amide bonds. The molecule has 0 aliphatic carbocycles. The highest BCUT2D eigenvalue weighted by Crippen LogP contribution is 2.24. The summed E-state index contributed by atoms with van der Waals surface area (Å²) in [5.41, 5.74) is 2.01. The maximum Gasteiger partial charge on any atom is 0.395 e. The molecule has 1 N–H and O–H groups in total. The summed E-state index contributed by atoms with van der Waals surface area (Å²) in [5.74, 6) is 0.799. The van der Waals surface area contributed by atoms with Gasteiger partial charge < -0.3 is 9.63 Å². The van der Waals surface area contributed by atoms with E-state index in [9.17, 15) is 4.57 Å². The first kappa shape index (κ1) is 10.7. The lowest BCUT2D eigenvalue weighted by atomic mass is 10.1. The fraction of sp³-hybridized carbons (Fsp3) is 0. The summed E-state index contributed by atoms with van der Waals surface area (Å²) in [4.78, 5) is 0. The van der Waals surface area contributed by atoms with Gasteiger partial charge in [0, 0.05) is 0 Å². The van der Waals surface area contributed by atoms with Gasteiger partial charge in [-0.25, -0.2) is 4.57 Å². The van der Waals surface area contributed by atoms with Gasteiger partial charge in [0.1, 0.15) is 11.5 Å². The first-order valence-electron chi connectivity index (χ1n) is 4.69. The second-order valence-electron chi connectivity index (χ2n) is 3.24. The van der Waals surface area contributed by atoms with E-state index in [1.807, 2.05) is 24.3 Å². The molecule has 0 bridgehead atoms. The van der Waals surface area contributed by atoms with Gasteiger partial charge in [-0.3, -0.25) is 0 Å². The number of aromatic hydroxyl groups is 1. The Hall–Kier alpha value is -1.86. The fourth-order valence-corrected chi connectivity index (χ4v) is 1.61. The summed E-state index contributed by atoms with van der Waals surface area (Å²) in [7, 11) is -0.355. The molecule has 16 heavy (non-hydrogen) atoms. The minimum Gasteiger partial charge on any atom is -0.508 e. The predicted octanol–water partition coefficient (Wildman–Crippen LogP) is 3.64. The number of hydrogen-bond donors (Lipinski definition) is 1. The molecule has 2 aromatic carbocycles. The normalized spacial score (nSPS) is 10.2. The van der Waals surface area contributed by atoms with Crippen LogP contribution in [-0.4, -0.2) is 5.11 Å². The Bertz CT molecular complexity index is 477. The standard InChI is InChI=1S/C12H9O3P/c13-11-5-1-9(2-6-11)10-3-7-12(8-4-10)15-16-14/h1-8,13H. The van der Waals surface area contributed by atoms with Crippen LogP contribution in [0, 0.1) is 0 Å². The van der Waals surface area contributed by atoms with Crippen molar-refractivity contribution in [2.24, 2.45) is 0 Å². The minimum absolute atomic E-state index is 0.244. The highest BCUT2D eigenvalue weighted by Gasteiger charge is 1.98. The molecule has 4 heteroatoms. The second kappa shape index (κ2) is 4.77. The summed E-state index contributed by atoms with van der Waals surface area (Å²) in [6, 6.07) is 14.2. The van der Waals surface area contributed by atoms with Crippen molar-refractivity contribution in [3.8, 4) is 22.6 Å². The Morgan fingerprint density at radius 2 is 1.38 bits per heavy atom. The van der Waals surface area contributed by atoms with Crippen molar-refractivity contribution in [1.29, 1.82) is 0 Å². The summed E-state index contributed by atoms with van der Waals surface area (Å²) >= 11 is 0. The molecule has 3 nitrogen and oxygen atoms in total. The lowest BCUT2D eigenvalue weighted by Gasteiger charge is -2.02. The van der Waals surface area contributed by atoms with E-state index in [0.717, 1.165) is 11.1 Å². The maximum atomic E-state index is 10.2. The molecular weight excluding hydrogens is 223 g/mol. The monoisotopic (exact) mass is 232 g/mol. The van der Waals surface area contributed by atoms with Crippen LogP contribution in [0.4, 0.5) is 0 Å². The molecule has 0 atom stereocenters. The first-order valence-corrected chi connectivity index (χ1v) is 5.42. The Morgan fingerprint density at radius 3 is 1.88 bits per heavy atom. The maximum absolute atomic E-state index is 10.2. The second-order valence-corrected chi connectivity index (χ2v) is 3.57. The van der Waals surface area contributed by atoms with Gasteiger partial charge in [-0.15, -0.1) is 0 Å². The van der Waals surface area contributed by atoms with E-state index in [1.54, 1.807) is 24.3 Å². The summed E-state index contributed by atoms with van der Waals surface area (Å²) in [6.07, 6.45) is 0. The van der Waals surface area contributed by atoms with E-state index in [1.165, 1.54) is 0 Å². The number of phenolic OH excluding ortho intramolecular Hbond substituents is 1. The van der Waals surface area contributed by atoms with E-state index in [-0.39, 0.29) is 14.4 Å². The van der Waals surface area contributed by atoms with Crippen molar-refractivity contribution in [2.45, 2.75) is 0 Å². The topological polar surface area (TPSA) is 46.5 Å². The quantitative estimate of drug-likeness (QED) is 0.821. The summed E-state index contributed by atoms with van der Waals surface area (Å²) in [5, 5.41) is 9.16. The molecule has 0 unspecified atom stereocenters. The van der Waals surface area contributed by atoms with Gasteiger partial charge >= 0.3 is 8.69 Å². The number of rotatable bonds is 3. The van der Waals surface area contributed by atoms with Crippen LogP contribution in [0.15, 0.2) is 48.5 Å². The van der Waals surface area contributed by atoms with Crippen LogP contribution in [-0.2, 0) is 4.57 Å². The van der Waals surface area contributed by atoms with Crippen molar-refractivity contribution in [2.75, 3.05) is 0 Å². The molecule has 0 heterocycles. The van der Waals surface area contributed by atoms with Gasteiger partial charge in [-0.2, -0.15) is 0 Å². The van der Waals surface area contributed by atoms with Crippen LogP contribution < -0.4 is 4.52 Å². The molecule has 0 radical (unpaired) electrons. The molecule has 0 spiro atoms. The molecule has 2 aromatic rings. The summed E-state index contributed by atoms with van der Waals surface area (Å²) in [6.45, 7) is 0. The molecule has 2 rings (SSSR count). The Kier molecular flexibility index (Phi) is 3.18. The van der Waals surface area contributed by atoms with Crippen molar-refractivity contribution in [1.82, 2.24) is 0 Å².